The average molecular weight is 526 g/mol. The molecule has 9 heteroatoms. The zero-order valence-electron chi connectivity index (χ0n) is 22.1. The van der Waals surface area contributed by atoms with E-state index in [-0.39, 0.29) is 24.8 Å². The van der Waals surface area contributed by atoms with Gasteiger partial charge in [0.1, 0.15) is 5.75 Å². The van der Waals surface area contributed by atoms with Gasteiger partial charge in [-0.15, -0.1) is 0 Å². The van der Waals surface area contributed by atoms with Crippen LogP contribution in [0.1, 0.15) is 38.8 Å². The number of para-hydroxylation sites is 1. The van der Waals surface area contributed by atoms with Gasteiger partial charge >= 0.3 is 0 Å². The summed E-state index contributed by atoms with van der Waals surface area (Å²) in [7, 11) is 5.19. The van der Waals surface area contributed by atoms with Gasteiger partial charge in [-0.1, -0.05) is 54.6 Å². The van der Waals surface area contributed by atoms with Gasteiger partial charge in [0, 0.05) is 38.1 Å². The first-order chi connectivity index (χ1) is 18.9. The molecule has 200 valence electrons. The Morgan fingerprint density at radius 1 is 0.949 bits per heavy atom. The summed E-state index contributed by atoms with van der Waals surface area (Å²) in [6.45, 7) is 0.224. The van der Waals surface area contributed by atoms with Gasteiger partial charge in [-0.2, -0.15) is 0 Å². The summed E-state index contributed by atoms with van der Waals surface area (Å²) in [6.07, 6.45) is 0.937. The van der Waals surface area contributed by atoms with Gasteiger partial charge < -0.3 is 25.4 Å². The molecule has 0 saturated carbocycles. The van der Waals surface area contributed by atoms with Crippen molar-refractivity contribution in [3.05, 3.63) is 102 Å². The van der Waals surface area contributed by atoms with Gasteiger partial charge in [0.05, 0.1) is 30.0 Å². The lowest BCUT2D eigenvalue weighted by atomic mass is 10.0. The minimum Gasteiger partial charge on any atom is -0.496 e. The highest BCUT2D eigenvalue weighted by Gasteiger charge is 2.18. The van der Waals surface area contributed by atoms with Crippen LogP contribution in [0.2, 0.25) is 0 Å². The van der Waals surface area contributed by atoms with E-state index in [1.807, 2.05) is 44.4 Å². The third-order valence-electron chi connectivity index (χ3n) is 6.05. The van der Waals surface area contributed by atoms with Crippen molar-refractivity contribution >= 4 is 23.5 Å². The Labute approximate surface area is 227 Å². The zero-order valence-corrected chi connectivity index (χ0v) is 22.1. The number of amides is 2. The minimum atomic E-state index is -0.852. The van der Waals surface area contributed by atoms with Crippen LogP contribution in [0.5, 0.6) is 5.75 Å². The molecule has 0 bridgehead atoms. The van der Waals surface area contributed by atoms with Crippen LogP contribution in [0.25, 0.3) is 11.3 Å². The summed E-state index contributed by atoms with van der Waals surface area (Å²) < 4.78 is 5.27. The number of rotatable bonds is 10. The second-order valence-electron chi connectivity index (χ2n) is 9.03. The summed E-state index contributed by atoms with van der Waals surface area (Å²) in [6, 6.07) is 23.4. The molecule has 1 aromatic heterocycles. The predicted octanol–water partition coefficient (Wildman–Crippen LogP) is 4.32. The molecule has 0 fully saturated rings. The van der Waals surface area contributed by atoms with Gasteiger partial charge in [0.25, 0.3) is 11.8 Å². The highest BCUT2D eigenvalue weighted by molar-refractivity contribution is 6.06. The number of aliphatic hydroxyl groups is 1. The number of aliphatic hydroxyl groups excluding tert-OH is 1. The molecule has 0 aliphatic carbocycles. The molecule has 0 aliphatic rings. The van der Waals surface area contributed by atoms with Crippen LogP contribution in [-0.4, -0.2) is 54.6 Å². The molecule has 1 unspecified atom stereocenters. The van der Waals surface area contributed by atoms with Crippen LogP contribution in [0, 0.1) is 0 Å². The molecule has 1 atom stereocenters. The second kappa shape index (κ2) is 12.7. The van der Waals surface area contributed by atoms with Crippen LogP contribution < -0.4 is 20.3 Å². The van der Waals surface area contributed by atoms with Crippen molar-refractivity contribution in [2.24, 2.45) is 0 Å². The van der Waals surface area contributed by atoms with Gasteiger partial charge in [0.2, 0.25) is 5.95 Å². The first kappa shape index (κ1) is 27.3. The Hall–Kier alpha value is -4.76. The third-order valence-corrected chi connectivity index (χ3v) is 6.05. The largest absolute Gasteiger partial charge is 0.496 e. The van der Waals surface area contributed by atoms with Crippen LogP contribution >= 0.6 is 0 Å². The summed E-state index contributed by atoms with van der Waals surface area (Å²) in [4.78, 5) is 36.4. The van der Waals surface area contributed by atoms with E-state index in [2.05, 4.69) is 20.6 Å². The number of benzene rings is 3. The lowest BCUT2D eigenvalue weighted by Gasteiger charge is -2.16. The lowest BCUT2D eigenvalue weighted by Crippen LogP contribution is -2.27. The maximum absolute atomic E-state index is 13.1. The topological polar surface area (TPSA) is 117 Å². The number of hydrogen-bond donors (Lipinski definition) is 3. The number of hydrogen-bond acceptors (Lipinski definition) is 7. The molecule has 0 aliphatic heterocycles. The van der Waals surface area contributed by atoms with Crippen molar-refractivity contribution in [2.75, 3.05) is 38.0 Å². The molecule has 9 nitrogen and oxygen atoms in total. The van der Waals surface area contributed by atoms with E-state index in [0.717, 1.165) is 5.56 Å². The summed E-state index contributed by atoms with van der Waals surface area (Å²) in [5.41, 5.74) is 3.25. The molecule has 3 N–H and O–H groups in total. The fourth-order valence-corrected chi connectivity index (χ4v) is 4.01. The summed E-state index contributed by atoms with van der Waals surface area (Å²) >= 11 is 0. The molecular formula is C30H31N5O4. The highest BCUT2D eigenvalue weighted by atomic mass is 16.5. The molecule has 1 heterocycles. The quantitative estimate of drug-likeness (QED) is 0.282. The van der Waals surface area contributed by atoms with Gasteiger partial charge in [-0.05, 0) is 36.2 Å². The maximum Gasteiger partial charge on any atom is 0.259 e. The molecular weight excluding hydrogens is 494 g/mol. The van der Waals surface area contributed by atoms with Crippen molar-refractivity contribution in [3.63, 3.8) is 0 Å². The Balaban J connectivity index is 1.40. The number of anilines is 2. The van der Waals surface area contributed by atoms with Crippen molar-refractivity contribution in [1.29, 1.82) is 0 Å². The van der Waals surface area contributed by atoms with Crippen molar-refractivity contribution < 1.29 is 19.4 Å². The fraction of sp³-hybridized carbons (Fsp3) is 0.200. The maximum atomic E-state index is 13.1. The van der Waals surface area contributed by atoms with Crippen molar-refractivity contribution in [3.8, 4) is 17.0 Å². The Kier molecular flexibility index (Phi) is 8.86. The number of methoxy groups -OCH3 is 1. The standard InChI is InChI=1S/C30H31N5O4/c1-35(2)30-32-19-24(27(34-30)20-10-5-4-6-11-20)28(37)31-17-16-25(36)21-12-9-13-22(18-21)33-29(38)23-14-7-8-15-26(23)39-3/h4-15,18-19,25,36H,16-17H2,1-3H3,(H,31,37)(H,33,38). The molecule has 0 saturated heterocycles. The van der Waals surface area contributed by atoms with Crippen LogP contribution in [0.3, 0.4) is 0 Å². The monoisotopic (exact) mass is 525 g/mol. The zero-order chi connectivity index (χ0) is 27.8. The average Bonchev–Trinajstić information content (AvgIpc) is 2.97. The molecule has 4 rings (SSSR count). The number of ether oxygens (including phenoxy) is 1. The summed E-state index contributed by atoms with van der Waals surface area (Å²) in [5.74, 6) is 0.324. The molecule has 39 heavy (non-hydrogen) atoms. The van der Waals surface area contributed by atoms with Gasteiger partial charge in [-0.25, -0.2) is 9.97 Å². The SMILES string of the molecule is COc1ccccc1C(=O)Nc1cccc(C(O)CCNC(=O)c2cnc(N(C)C)nc2-c2ccccc2)c1. The highest BCUT2D eigenvalue weighted by Crippen LogP contribution is 2.24. The molecule has 3 aromatic carbocycles. The number of carbonyl (C=O) groups is 2. The minimum absolute atomic E-state index is 0.224. The fourth-order valence-electron chi connectivity index (χ4n) is 4.01. The van der Waals surface area contributed by atoms with E-state index in [9.17, 15) is 14.7 Å². The number of aromatic nitrogens is 2. The Morgan fingerprint density at radius 2 is 1.69 bits per heavy atom. The molecule has 4 aromatic rings. The second-order valence-corrected chi connectivity index (χ2v) is 9.03. The van der Waals surface area contributed by atoms with E-state index in [1.165, 1.54) is 13.3 Å². The van der Waals surface area contributed by atoms with E-state index in [4.69, 9.17) is 4.74 Å². The number of nitrogens with one attached hydrogen (secondary N) is 2. The van der Waals surface area contributed by atoms with E-state index in [0.29, 0.717) is 39.8 Å². The molecule has 2 amide bonds. The van der Waals surface area contributed by atoms with E-state index in [1.54, 1.807) is 53.4 Å². The molecule has 0 radical (unpaired) electrons. The van der Waals surface area contributed by atoms with E-state index < -0.39 is 6.10 Å². The first-order valence-corrected chi connectivity index (χ1v) is 12.5. The van der Waals surface area contributed by atoms with E-state index >= 15 is 0 Å². The van der Waals surface area contributed by atoms with Crippen molar-refractivity contribution in [2.45, 2.75) is 12.5 Å². The smallest absolute Gasteiger partial charge is 0.259 e. The van der Waals surface area contributed by atoms with Crippen LogP contribution in [0.4, 0.5) is 11.6 Å². The normalized spacial score (nSPS) is 11.4. The first-order valence-electron chi connectivity index (χ1n) is 12.5. The van der Waals surface area contributed by atoms with Gasteiger partial charge in [0.15, 0.2) is 0 Å². The van der Waals surface area contributed by atoms with Gasteiger partial charge in [-0.3, -0.25) is 9.59 Å². The lowest BCUT2D eigenvalue weighted by molar-refractivity contribution is 0.0941. The Bertz CT molecular complexity index is 1440. The van der Waals surface area contributed by atoms with Crippen LogP contribution in [0.15, 0.2) is 85.1 Å². The predicted molar refractivity (Wildman–Crippen MR) is 151 cm³/mol. The Morgan fingerprint density at radius 3 is 2.44 bits per heavy atom. The molecule has 0 spiro atoms. The number of nitrogens with zero attached hydrogens (tertiary/aromatic N) is 3. The van der Waals surface area contributed by atoms with Crippen molar-refractivity contribution in [1.82, 2.24) is 15.3 Å². The van der Waals surface area contributed by atoms with Crippen LogP contribution in [-0.2, 0) is 0 Å². The summed E-state index contributed by atoms with van der Waals surface area (Å²) in [5, 5.41) is 16.5. The third kappa shape index (κ3) is 6.77. The number of carbonyl (C=O) groups excluding carboxylic acids is 2.